The molecule has 1 N–H and O–H groups in total. The highest BCUT2D eigenvalue weighted by molar-refractivity contribution is 6.31. The molecule has 1 aromatic heterocycles. The van der Waals surface area contributed by atoms with Gasteiger partial charge in [0.1, 0.15) is 0 Å². The summed E-state index contributed by atoms with van der Waals surface area (Å²) >= 11 is 6.22. The minimum atomic E-state index is -0.232. The molecule has 0 radical (unpaired) electrons. The normalized spacial score (nSPS) is 13.7. The van der Waals surface area contributed by atoms with Gasteiger partial charge in [0.15, 0.2) is 11.5 Å². The Morgan fingerprint density at radius 1 is 1.29 bits per heavy atom. The summed E-state index contributed by atoms with van der Waals surface area (Å²) in [4.78, 5) is 13.6. The number of amides is 1. The van der Waals surface area contributed by atoms with Crippen molar-refractivity contribution in [3.8, 4) is 0 Å². The third-order valence-corrected chi connectivity index (χ3v) is 4.00. The molecule has 6 heteroatoms. The fourth-order valence-corrected chi connectivity index (χ4v) is 2.79. The molecule has 1 aromatic carbocycles. The van der Waals surface area contributed by atoms with Gasteiger partial charge in [-0.2, -0.15) is 0 Å². The number of hydrogen-bond donors (Lipinski definition) is 1. The fourth-order valence-electron chi connectivity index (χ4n) is 2.50. The molecule has 1 aliphatic rings. The maximum Gasteiger partial charge on any atom is 0.271 e. The molecule has 5 nitrogen and oxygen atoms in total. The summed E-state index contributed by atoms with van der Waals surface area (Å²) in [5.74, 6) is 0.540. The second-order valence-corrected chi connectivity index (χ2v) is 5.31. The first kappa shape index (κ1) is 13.8. The average molecular weight is 303 g/mol. The highest BCUT2D eigenvalue weighted by Crippen LogP contribution is 2.27. The Hall–Kier alpha value is -2.14. The van der Waals surface area contributed by atoms with Crippen LogP contribution in [0.4, 0.5) is 5.82 Å². The predicted octanol–water partition coefficient (Wildman–Crippen LogP) is 2.05. The van der Waals surface area contributed by atoms with Gasteiger partial charge in [-0.25, -0.2) is 0 Å². The van der Waals surface area contributed by atoms with E-state index in [1.807, 2.05) is 18.2 Å². The van der Waals surface area contributed by atoms with Gasteiger partial charge in [-0.15, -0.1) is 10.2 Å². The topological polar surface area (TPSA) is 58.1 Å². The number of aromatic nitrogens is 2. The van der Waals surface area contributed by atoms with Gasteiger partial charge >= 0.3 is 0 Å². The van der Waals surface area contributed by atoms with Crippen molar-refractivity contribution >= 4 is 23.3 Å². The summed E-state index contributed by atoms with van der Waals surface area (Å²) in [6.07, 6.45) is 0.883. The Kier molecular flexibility index (Phi) is 3.75. The van der Waals surface area contributed by atoms with Crippen molar-refractivity contribution in [1.82, 2.24) is 15.5 Å². The largest absolute Gasteiger partial charge is 0.354 e. The first-order chi connectivity index (χ1) is 10.2. The van der Waals surface area contributed by atoms with Crippen LogP contribution in [0.3, 0.4) is 0 Å². The van der Waals surface area contributed by atoms with Gasteiger partial charge < -0.3 is 10.2 Å². The van der Waals surface area contributed by atoms with E-state index < -0.39 is 0 Å². The van der Waals surface area contributed by atoms with Gasteiger partial charge in [0.05, 0.1) is 0 Å². The number of benzene rings is 1. The number of nitrogens with zero attached hydrogens (tertiary/aromatic N) is 3. The van der Waals surface area contributed by atoms with Crippen molar-refractivity contribution in [2.24, 2.45) is 0 Å². The molecule has 0 bridgehead atoms. The van der Waals surface area contributed by atoms with Crippen LogP contribution >= 0.6 is 11.6 Å². The van der Waals surface area contributed by atoms with Gasteiger partial charge in [-0.1, -0.05) is 23.7 Å². The van der Waals surface area contributed by atoms with Crippen LogP contribution in [-0.2, 0) is 13.0 Å². The van der Waals surface area contributed by atoms with E-state index in [4.69, 9.17) is 11.6 Å². The lowest BCUT2D eigenvalue weighted by Gasteiger charge is -2.29. The molecular formula is C15H15ClN4O. The van der Waals surface area contributed by atoms with Gasteiger partial charge in [-0.05, 0) is 35.7 Å². The van der Waals surface area contributed by atoms with Crippen LogP contribution < -0.4 is 10.2 Å². The molecule has 2 aromatic rings. The SMILES string of the molecule is CNC(=O)c1ccc(N2CCc3c(Cl)cccc3C2)nn1. The Balaban J connectivity index is 1.81. The van der Waals surface area contributed by atoms with Crippen LogP contribution in [0.2, 0.25) is 5.02 Å². The van der Waals surface area contributed by atoms with E-state index in [2.05, 4.69) is 26.5 Å². The summed E-state index contributed by atoms with van der Waals surface area (Å²) in [6.45, 7) is 1.59. The molecule has 0 aliphatic carbocycles. The third-order valence-electron chi connectivity index (χ3n) is 3.64. The highest BCUT2D eigenvalue weighted by Gasteiger charge is 2.19. The first-order valence-corrected chi connectivity index (χ1v) is 7.14. The molecule has 1 amide bonds. The molecule has 0 fully saturated rings. The molecular weight excluding hydrogens is 288 g/mol. The zero-order valence-corrected chi connectivity index (χ0v) is 12.4. The molecule has 0 atom stereocenters. The van der Waals surface area contributed by atoms with Gasteiger partial charge in [0, 0.05) is 25.2 Å². The second-order valence-electron chi connectivity index (χ2n) is 4.90. The summed E-state index contributed by atoms with van der Waals surface area (Å²) in [5.41, 5.74) is 2.75. The number of anilines is 1. The van der Waals surface area contributed by atoms with Crippen LogP contribution in [0.15, 0.2) is 30.3 Å². The first-order valence-electron chi connectivity index (χ1n) is 6.76. The molecule has 0 spiro atoms. The van der Waals surface area contributed by atoms with E-state index in [-0.39, 0.29) is 5.91 Å². The summed E-state index contributed by atoms with van der Waals surface area (Å²) in [6, 6.07) is 9.49. The minimum absolute atomic E-state index is 0.232. The molecule has 0 saturated carbocycles. The minimum Gasteiger partial charge on any atom is -0.354 e. The number of fused-ring (bicyclic) bond motifs is 1. The Bertz CT molecular complexity index is 672. The smallest absolute Gasteiger partial charge is 0.271 e. The summed E-state index contributed by atoms with van der Waals surface area (Å²) < 4.78 is 0. The lowest BCUT2D eigenvalue weighted by Crippen LogP contribution is -2.31. The van der Waals surface area contributed by atoms with Crippen molar-refractivity contribution < 1.29 is 4.79 Å². The molecule has 1 aliphatic heterocycles. The fraction of sp³-hybridized carbons (Fsp3) is 0.267. The van der Waals surface area contributed by atoms with Crippen LogP contribution in [0.1, 0.15) is 21.6 Å². The number of rotatable bonds is 2. The molecule has 2 heterocycles. The van der Waals surface area contributed by atoms with E-state index in [0.717, 1.165) is 30.4 Å². The zero-order chi connectivity index (χ0) is 14.8. The number of carbonyl (C=O) groups excluding carboxylic acids is 1. The molecule has 108 valence electrons. The summed E-state index contributed by atoms with van der Waals surface area (Å²) in [7, 11) is 1.57. The van der Waals surface area contributed by atoms with Crippen LogP contribution in [0, 0.1) is 0 Å². The Morgan fingerprint density at radius 3 is 2.86 bits per heavy atom. The number of carbonyl (C=O) groups is 1. The van der Waals surface area contributed by atoms with E-state index >= 15 is 0 Å². The lowest BCUT2D eigenvalue weighted by molar-refractivity contribution is 0.0957. The maximum absolute atomic E-state index is 11.5. The van der Waals surface area contributed by atoms with Crippen LogP contribution in [0.25, 0.3) is 0 Å². The maximum atomic E-state index is 11.5. The standard InChI is InChI=1S/C15H15ClN4O/c1-17-15(21)13-5-6-14(19-18-13)20-8-7-11-10(9-20)3-2-4-12(11)16/h2-6H,7-9H2,1H3,(H,17,21). The molecule has 0 saturated heterocycles. The van der Waals surface area contributed by atoms with Crippen LogP contribution in [-0.4, -0.2) is 29.7 Å². The second kappa shape index (κ2) is 5.69. The number of halogens is 1. The predicted molar refractivity (Wildman–Crippen MR) is 81.6 cm³/mol. The van der Waals surface area contributed by atoms with E-state index in [0.29, 0.717) is 5.69 Å². The van der Waals surface area contributed by atoms with Gasteiger partial charge in [0.25, 0.3) is 5.91 Å². The van der Waals surface area contributed by atoms with Gasteiger partial charge in [0.2, 0.25) is 0 Å². The highest BCUT2D eigenvalue weighted by atomic mass is 35.5. The Labute approximate surface area is 127 Å². The van der Waals surface area contributed by atoms with E-state index in [9.17, 15) is 4.79 Å². The van der Waals surface area contributed by atoms with E-state index in [1.165, 1.54) is 11.1 Å². The molecule has 3 rings (SSSR count). The van der Waals surface area contributed by atoms with Crippen molar-refractivity contribution in [1.29, 1.82) is 0 Å². The van der Waals surface area contributed by atoms with Crippen molar-refractivity contribution in [3.63, 3.8) is 0 Å². The number of nitrogens with one attached hydrogen (secondary N) is 1. The third kappa shape index (κ3) is 2.69. The quantitative estimate of drug-likeness (QED) is 0.922. The monoisotopic (exact) mass is 302 g/mol. The van der Waals surface area contributed by atoms with E-state index in [1.54, 1.807) is 13.1 Å². The molecule has 21 heavy (non-hydrogen) atoms. The van der Waals surface area contributed by atoms with Crippen molar-refractivity contribution in [3.05, 3.63) is 52.2 Å². The summed E-state index contributed by atoms with van der Waals surface area (Å²) in [5, 5.41) is 11.5. The zero-order valence-electron chi connectivity index (χ0n) is 11.6. The van der Waals surface area contributed by atoms with Crippen molar-refractivity contribution in [2.75, 3.05) is 18.5 Å². The van der Waals surface area contributed by atoms with Crippen LogP contribution in [0.5, 0.6) is 0 Å². The average Bonchev–Trinajstić information content (AvgIpc) is 2.54. The van der Waals surface area contributed by atoms with Gasteiger partial charge in [-0.3, -0.25) is 4.79 Å². The van der Waals surface area contributed by atoms with Crippen molar-refractivity contribution in [2.45, 2.75) is 13.0 Å². The Morgan fingerprint density at radius 2 is 2.14 bits per heavy atom. The molecule has 0 unspecified atom stereocenters. The lowest BCUT2D eigenvalue weighted by atomic mass is 10.00. The number of hydrogen-bond acceptors (Lipinski definition) is 4.